The SMILES string of the molecule is COC(=O)C(=O)N(C)Cc1cc(C)c(C)cc1C. The Kier molecular flexibility index (Phi) is 4.48. The van der Waals surface area contributed by atoms with Crippen LogP contribution < -0.4 is 0 Å². The van der Waals surface area contributed by atoms with E-state index >= 15 is 0 Å². The van der Waals surface area contributed by atoms with Crippen LogP contribution in [0.15, 0.2) is 12.1 Å². The Balaban J connectivity index is 2.88. The fourth-order valence-corrected chi connectivity index (χ4v) is 1.76. The Morgan fingerprint density at radius 2 is 1.67 bits per heavy atom. The van der Waals surface area contributed by atoms with Gasteiger partial charge in [-0.1, -0.05) is 12.1 Å². The summed E-state index contributed by atoms with van der Waals surface area (Å²) in [4.78, 5) is 24.1. The van der Waals surface area contributed by atoms with Crippen LogP contribution in [0.2, 0.25) is 0 Å². The van der Waals surface area contributed by atoms with E-state index in [1.807, 2.05) is 19.9 Å². The molecule has 98 valence electrons. The van der Waals surface area contributed by atoms with Crippen molar-refractivity contribution in [2.45, 2.75) is 27.3 Å². The fraction of sp³-hybridized carbons (Fsp3) is 0.429. The molecule has 0 atom stereocenters. The lowest BCUT2D eigenvalue weighted by molar-refractivity contribution is -0.157. The summed E-state index contributed by atoms with van der Waals surface area (Å²) in [5, 5.41) is 0. The molecule has 4 heteroatoms. The molecule has 1 aromatic rings. The van der Waals surface area contributed by atoms with E-state index in [2.05, 4.69) is 17.7 Å². The molecule has 0 bridgehead atoms. The number of hydrogen-bond donors (Lipinski definition) is 0. The number of methoxy groups -OCH3 is 1. The van der Waals surface area contributed by atoms with Gasteiger partial charge in [0.2, 0.25) is 0 Å². The minimum atomic E-state index is -0.834. The highest BCUT2D eigenvalue weighted by atomic mass is 16.5. The molecule has 0 saturated carbocycles. The van der Waals surface area contributed by atoms with Crippen molar-refractivity contribution in [1.82, 2.24) is 4.90 Å². The van der Waals surface area contributed by atoms with E-state index in [1.54, 1.807) is 7.05 Å². The number of nitrogens with zero attached hydrogens (tertiary/aromatic N) is 1. The van der Waals surface area contributed by atoms with E-state index in [0.29, 0.717) is 6.54 Å². The molecule has 0 radical (unpaired) electrons. The molecule has 0 fully saturated rings. The summed E-state index contributed by atoms with van der Waals surface area (Å²) in [7, 11) is 2.79. The monoisotopic (exact) mass is 249 g/mol. The lowest BCUT2D eigenvalue weighted by atomic mass is 10.0. The van der Waals surface area contributed by atoms with Crippen LogP contribution in [-0.2, 0) is 20.9 Å². The number of amides is 1. The molecular weight excluding hydrogens is 230 g/mol. The van der Waals surface area contributed by atoms with Crippen LogP contribution in [0.1, 0.15) is 22.3 Å². The fourth-order valence-electron chi connectivity index (χ4n) is 1.76. The van der Waals surface area contributed by atoms with Gasteiger partial charge in [0.1, 0.15) is 0 Å². The lowest BCUT2D eigenvalue weighted by Gasteiger charge is -2.18. The summed E-state index contributed by atoms with van der Waals surface area (Å²) in [6.45, 7) is 6.48. The van der Waals surface area contributed by atoms with Crippen LogP contribution in [-0.4, -0.2) is 30.9 Å². The number of likely N-dealkylation sites (N-methyl/N-ethyl adjacent to an activating group) is 1. The van der Waals surface area contributed by atoms with E-state index in [9.17, 15) is 9.59 Å². The van der Waals surface area contributed by atoms with Gasteiger partial charge in [-0.05, 0) is 43.0 Å². The first-order valence-electron chi connectivity index (χ1n) is 5.77. The van der Waals surface area contributed by atoms with Gasteiger partial charge < -0.3 is 9.64 Å². The summed E-state index contributed by atoms with van der Waals surface area (Å²) in [5.74, 6) is -1.46. The third-order valence-corrected chi connectivity index (χ3v) is 3.07. The van der Waals surface area contributed by atoms with Crippen molar-refractivity contribution < 1.29 is 14.3 Å². The molecule has 0 heterocycles. The summed E-state index contributed by atoms with van der Waals surface area (Å²) < 4.78 is 4.41. The average Bonchev–Trinajstić information content (AvgIpc) is 2.33. The normalized spacial score (nSPS) is 10.1. The molecule has 0 aromatic heterocycles. The zero-order chi connectivity index (χ0) is 13.9. The first-order chi connectivity index (χ1) is 8.36. The second-order valence-electron chi connectivity index (χ2n) is 4.52. The molecule has 18 heavy (non-hydrogen) atoms. The first kappa shape index (κ1) is 14.2. The molecule has 0 aliphatic heterocycles. The third kappa shape index (κ3) is 3.09. The highest BCUT2D eigenvalue weighted by Gasteiger charge is 2.19. The topological polar surface area (TPSA) is 46.6 Å². The van der Waals surface area contributed by atoms with Crippen LogP contribution in [0, 0.1) is 20.8 Å². The number of benzene rings is 1. The minimum Gasteiger partial charge on any atom is -0.462 e. The highest BCUT2D eigenvalue weighted by molar-refractivity contribution is 6.32. The molecule has 0 aliphatic rings. The van der Waals surface area contributed by atoms with E-state index in [4.69, 9.17) is 0 Å². The standard InChI is InChI=1S/C14H19NO3/c1-9-6-11(3)12(7-10(9)2)8-15(4)13(16)14(17)18-5/h6-7H,8H2,1-5H3. The van der Waals surface area contributed by atoms with Gasteiger partial charge in [0, 0.05) is 13.6 Å². The third-order valence-electron chi connectivity index (χ3n) is 3.07. The molecule has 0 spiro atoms. The zero-order valence-corrected chi connectivity index (χ0v) is 11.5. The van der Waals surface area contributed by atoms with Gasteiger partial charge in [-0.15, -0.1) is 0 Å². The van der Waals surface area contributed by atoms with Crippen molar-refractivity contribution >= 4 is 11.9 Å². The maximum Gasteiger partial charge on any atom is 0.396 e. The molecule has 0 saturated heterocycles. The Bertz CT molecular complexity index is 480. The Hall–Kier alpha value is -1.84. The molecule has 1 aromatic carbocycles. The Morgan fingerprint density at radius 3 is 2.22 bits per heavy atom. The van der Waals surface area contributed by atoms with Gasteiger partial charge in [0.25, 0.3) is 0 Å². The number of hydrogen-bond acceptors (Lipinski definition) is 3. The van der Waals surface area contributed by atoms with Gasteiger partial charge >= 0.3 is 11.9 Å². The van der Waals surface area contributed by atoms with E-state index in [-0.39, 0.29) is 0 Å². The summed E-state index contributed by atoms with van der Waals surface area (Å²) in [5.41, 5.74) is 4.55. The first-order valence-corrected chi connectivity index (χ1v) is 5.77. The summed E-state index contributed by atoms with van der Waals surface area (Å²) in [6, 6.07) is 4.13. The van der Waals surface area contributed by atoms with Crippen LogP contribution in [0.4, 0.5) is 0 Å². The van der Waals surface area contributed by atoms with E-state index < -0.39 is 11.9 Å². The largest absolute Gasteiger partial charge is 0.462 e. The van der Waals surface area contributed by atoms with Gasteiger partial charge in [-0.25, -0.2) is 4.79 Å². The predicted octanol–water partition coefficient (Wildman–Crippen LogP) is 1.74. The smallest absolute Gasteiger partial charge is 0.396 e. The number of rotatable bonds is 2. The maximum absolute atomic E-state index is 11.6. The molecule has 0 aliphatic carbocycles. The number of carbonyl (C=O) groups excluding carboxylic acids is 2. The van der Waals surface area contributed by atoms with Crippen LogP contribution >= 0.6 is 0 Å². The van der Waals surface area contributed by atoms with Gasteiger partial charge in [-0.2, -0.15) is 0 Å². The number of aryl methyl sites for hydroxylation is 3. The van der Waals surface area contributed by atoms with Crippen LogP contribution in [0.25, 0.3) is 0 Å². The van der Waals surface area contributed by atoms with E-state index in [0.717, 1.165) is 11.1 Å². The quantitative estimate of drug-likeness (QED) is 0.592. The van der Waals surface area contributed by atoms with Crippen LogP contribution in [0.5, 0.6) is 0 Å². The number of ether oxygens (including phenoxy) is 1. The van der Waals surface area contributed by atoms with Crippen molar-refractivity contribution in [2.75, 3.05) is 14.2 Å². The minimum absolute atomic E-state index is 0.404. The predicted molar refractivity (Wildman–Crippen MR) is 69.1 cm³/mol. The summed E-state index contributed by atoms with van der Waals surface area (Å²) in [6.07, 6.45) is 0. The maximum atomic E-state index is 11.6. The molecule has 4 nitrogen and oxygen atoms in total. The van der Waals surface area contributed by atoms with Crippen LogP contribution in [0.3, 0.4) is 0 Å². The van der Waals surface area contributed by atoms with Crippen molar-refractivity contribution in [3.8, 4) is 0 Å². The Morgan fingerprint density at radius 1 is 1.11 bits per heavy atom. The number of carbonyl (C=O) groups is 2. The lowest BCUT2D eigenvalue weighted by Crippen LogP contribution is -2.33. The second-order valence-corrected chi connectivity index (χ2v) is 4.52. The molecular formula is C14H19NO3. The van der Waals surface area contributed by atoms with Crippen molar-refractivity contribution in [3.05, 3.63) is 34.4 Å². The zero-order valence-electron chi connectivity index (χ0n) is 11.5. The number of esters is 1. The van der Waals surface area contributed by atoms with Crippen molar-refractivity contribution in [2.24, 2.45) is 0 Å². The van der Waals surface area contributed by atoms with E-state index in [1.165, 1.54) is 23.1 Å². The second kappa shape index (κ2) is 5.67. The van der Waals surface area contributed by atoms with Gasteiger partial charge in [0.05, 0.1) is 7.11 Å². The van der Waals surface area contributed by atoms with Crippen molar-refractivity contribution in [1.29, 1.82) is 0 Å². The Labute approximate surface area is 108 Å². The molecule has 1 amide bonds. The molecule has 0 N–H and O–H groups in total. The molecule has 0 unspecified atom stereocenters. The molecule has 1 rings (SSSR count). The average molecular weight is 249 g/mol. The highest BCUT2D eigenvalue weighted by Crippen LogP contribution is 2.16. The van der Waals surface area contributed by atoms with Gasteiger partial charge in [-0.3, -0.25) is 4.79 Å². The summed E-state index contributed by atoms with van der Waals surface area (Å²) >= 11 is 0. The van der Waals surface area contributed by atoms with Crippen molar-refractivity contribution in [3.63, 3.8) is 0 Å². The van der Waals surface area contributed by atoms with Gasteiger partial charge in [0.15, 0.2) is 0 Å².